The van der Waals surface area contributed by atoms with Gasteiger partial charge in [-0.2, -0.15) is 13.2 Å². The minimum atomic E-state index is -4.52. The number of hydrogen-bond donors (Lipinski definition) is 1. The number of nitrogens with zero attached hydrogens (tertiary/aromatic N) is 1. The van der Waals surface area contributed by atoms with Crippen molar-refractivity contribution in [2.45, 2.75) is 11.1 Å². The molecule has 0 heterocycles. The second-order valence-electron chi connectivity index (χ2n) is 6.99. The van der Waals surface area contributed by atoms with Crippen molar-refractivity contribution in [1.29, 1.82) is 0 Å². The zero-order valence-corrected chi connectivity index (χ0v) is 19.0. The number of carbonyl (C=O) groups is 1. The number of rotatable bonds is 8. The van der Waals surface area contributed by atoms with Crippen LogP contribution in [0.5, 0.6) is 11.5 Å². The fraction of sp³-hybridized carbons (Fsp3) is 0.174. The van der Waals surface area contributed by atoms with Crippen molar-refractivity contribution in [2.24, 2.45) is 0 Å². The van der Waals surface area contributed by atoms with Gasteiger partial charge in [0.25, 0.3) is 10.0 Å². The van der Waals surface area contributed by atoms with E-state index in [1.807, 2.05) is 0 Å². The number of benzene rings is 3. The van der Waals surface area contributed by atoms with Crippen LogP contribution in [0.3, 0.4) is 0 Å². The van der Waals surface area contributed by atoms with E-state index in [2.05, 4.69) is 5.32 Å². The number of ether oxygens (including phenoxy) is 2. The number of carbonyl (C=O) groups excluding carboxylic acids is 1. The van der Waals surface area contributed by atoms with Crippen molar-refractivity contribution >= 4 is 27.3 Å². The van der Waals surface area contributed by atoms with Gasteiger partial charge in [0.15, 0.2) is 0 Å². The Morgan fingerprint density at radius 1 is 0.941 bits per heavy atom. The standard InChI is InChI=1S/C23H21F3N2O5S/c1-32-18-12-13-21(33-2)20(14-18)28(34(30,31)19-6-4-3-5-7-19)15-22(29)27-17-10-8-16(9-11-17)23(24,25)26/h3-14H,15H2,1-2H3,(H,27,29). The van der Waals surface area contributed by atoms with Gasteiger partial charge in [-0.25, -0.2) is 8.42 Å². The van der Waals surface area contributed by atoms with E-state index in [-0.39, 0.29) is 22.0 Å². The van der Waals surface area contributed by atoms with Crippen LogP contribution < -0.4 is 19.1 Å². The summed E-state index contributed by atoms with van der Waals surface area (Å²) < 4.78 is 76.6. The Hall–Kier alpha value is -3.73. The molecule has 0 aromatic heterocycles. The lowest BCUT2D eigenvalue weighted by Crippen LogP contribution is -2.38. The largest absolute Gasteiger partial charge is 0.497 e. The fourth-order valence-corrected chi connectivity index (χ4v) is 4.53. The molecule has 1 amide bonds. The van der Waals surface area contributed by atoms with Crippen LogP contribution in [0.1, 0.15) is 5.56 Å². The molecular weight excluding hydrogens is 473 g/mol. The third kappa shape index (κ3) is 5.60. The molecule has 0 radical (unpaired) electrons. The molecule has 3 rings (SSSR count). The Kier molecular flexibility index (Phi) is 7.35. The Morgan fingerprint density at radius 2 is 1.59 bits per heavy atom. The lowest BCUT2D eigenvalue weighted by atomic mass is 10.2. The van der Waals surface area contributed by atoms with Crippen molar-refractivity contribution in [3.63, 3.8) is 0 Å². The summed E-state index contributed by atoms with van der Waals surface area (Å²) in [6.07, 6.45) is -4.52. The van der Waals surface area contributed by atoms with Gasteiger partial charge in [0, 0.05) is 11.8 Å². The number of methoxy groups -OCH3 is 2. The highest BCUT2D eigenvalue weighted by Crippen LogP contribution is 2.36. The third-order valence-electron chi connectivity index (χ3n) is 4.77. The first-order valence-corrected chi connectivity index (χ1v) is 11.3. The van der Waals surface area contributed by atoms with Crippen molar-refractivity contribution < 1.29 is 35.9 Å². The quantitative estimate of drug-likeness (QED) is 0.497. The first-order valence-electron chi connectivity index (χ1n) is 9.83. The van der Waals surface area contributed by atoms with Gasteiger partial charge < -0.3 is 14.8 Å². The lowest BCUT2D eigenvalue weighted by molar-refractivity contribution is -0.137. The molecule has 0 aliphatic rings. The van der Waals surface area contributed by atoms with Crippen LogP contribution in [0.15, 0.2) is 77.7 Å². The van der Waals surface area contributed by atoms with Crippen LogP contribution in [-0.2, 0) is 21.0 Å². The average molecular weight is 494 g/mol. The zero-order valence-electron chi connectivity index (χ0n) is 18.2. The van der Waals surface area contributed by atoms with Gasteiger partial charge in [0.1, 0.15) is 18.0 Å². The first kappa shape index (κ1) is 24.9. The zero-order chi connectivity index (χ0) is 24.9. The molecule has 0 bridgehead atoms. The molecular formula is C23H21F3N2O5S. The number of nitrogens with one attached hydrogen (secondary N) is 1. The van der Waals surface area contributed by atoms with E-state index < -0.39 is 34.2 Å². The monoisotopic (exact) mass is 494 g/mol. The predicted molar refractivity (Wildman–Crippen MR) is 121 cm³/mol. The smallest absolute Gasteiger partial charge is 0.416 e. The second kappa shape index (κ2) is 10.0. The van der Waals surface area contributed by atoms with Gasteiger partial charge in [0.2, 0.25) is 5.91 Å². The predicted octanol–water partition coefficient (Wildman–Crippen LogP) is 4.56. The van der Waals surface area contributed by atoms with E-state index in [0.29, 0.717) is 5.75 Å². The minimum Gasteiger partial charge on any atom is -0.497 e. The minimum absolute atomic E-state index is 0.0493. The SMILES string of the molecule is COc1ccc(OC)c(N(CC(=O)Nc2ccc(C(F)(F)F)cc2)S(=O)(=O)c2ccccc2)c1. The Bertz CT molecular complexity index is 1250. The lowest BCUT2D eigenvalue weighted by Gasteiger charge is -2.26. The van der Waals surface area contributed by atoms with Crippen molar-refractivity contribution in [3.05, 3.63) is 78.4 Å². The maximum atomic E-state index is 13.5. The third-order valence-corrected chi connectivity index (χ3v) is 6.54. The van der Waals surface area contributed by atoms with Gasteiger partial charge in [-0.15, -0.1) is 0 Å². The van der Waals surface area contributed by atoms with Crippen LogP contribution in [0.25, 0.3) is 0 Å². The molecule has 0 aliphatic heterocycles. The summed E-state index contributed by atoms with van der Waals surface area (Å²) in [6, 6.07) is 15.8. The first-order chi connectivity index (χ1) is 16.1. The molecule has 180 valence electrons. The molecule has 0 saturated heterocycles. The summed E-state index contributed by atoms with van der Waals surface area (Å²) in [5.41, 5.74) is -0.749. The summed E-state index contributed by atoms with van der Waals surface area (Å²) in [7, 11) is -1.49. The molecule has 7 nitrogen and oxygen atoms in total. The topological polar surface area (TPSA) is 84.9 Å². The van der Waals surface area contributed by atoms with Gasteiger partial charge in [-0.05, 0) is 48.5 Å². The summed E-state index contributed by atoms with van der Waals surface area (Å²) in [5.74, 6) is -0.279. The molecule has 1 N–H and O–H groups in total. The van der Waals surface area contributed by atoms with E-state index in [4.69, 9.17) is 9.47 Å². The van der Waals surface area contributed by atoms with Crippen molar-refractivity contribution in [1.82, 2.24) is 0 Å². The van der Waals surface area contributed by atoms with E-state index >= 15 is 0 Å². The molecule has 0 unspecified atom stereocenters. The number of sulfonamides is 1. The molecule has 3 aromatic carbocycles. The van der Waals surface area contributed by atoms with Crippen molar-refractivity contribution in [3.8, 4) is 11.5 Å². The summed E-state index contributed by atoms with van der Waals surface area (Å²) in [5, 5.41) is 2.43. The molecule has 0 atom stereocenters. The second-order valence-corrected chi connectivity index (χ2v) is 8.85. The number of halogens is 3. The number of amides is 1. The van der Waals surface area contributed by atoms with E-state index in [0.717, 1.165) is 28.6 Å². The summed E-state index contributed by atoms with van der Waals surface area (Å²) in [4.78, 5) is 12.7. The van der Waals surface area contributed by atoms with Gasteiger partial charge in [-0.3, -0.25) is 9.10 Å². The molecule has 0 spiro atoms. The highest BCUT2D eigenvalue weighted by atomic mass is 32.2. The molecule has 0 aliphatic carbocycles. The number of alkyl halides is 3. The van der Waals surface area contributed by atoms with Crippen molar-refractivity contribution in [2.75, 3.05) is 30.4 Å². The molecule has 34 heavy (non-hydrogen) atoms. The highest BCUT2D eigenvalue weighted by molar-refractivity contribution is 7.92. The normalized spacial score (nSPS) is 11.6. The van der Waals surface area contributed by atoms with E-state index in [9.17, 15) is 26.4 Å². The number of hydrogen-bond acceptors (Lipinski definition) is 5. The van der Waals surface area contributed by atoms with Crippen LogP contribution >= 0.6 is 0 Å². The van der Waals surface area contributed by atoms with Crippen LogP contribution in [-0.4, -0.2) is 35.1 Å². The Labute approximate surface area is 194 Å². The van der Waals surface area contributed by atoms with Gasteiger partial charge in [-0.1, -0.05) is 18.2 Å². The van der Waals surface area contributed by atoms with E-state index in [1.165, 1.54) is 50.6 Å². The number of anilines is 2. The summed E-state index contributed by atoms with van der Waals surface area (Å²) >= 11 is 0. The maximum Gasteiger partial charge on any atom is 0.416 e. The van der Waals surface area contributed by atoms with E-state index in [1.54, 1.807) is 12.1 Å². The molecule has 11 heteroatoms. The van der Waals surface area contributed by atoms with Crippen LogP contribution in [0, 0.1) is 0 Å². The highest BCUT2D eigenvalue weighted by Gasteiger charge is 2.31. The van der Waals surface area contributed by atoms with Crippen LogP contribution in [0.4, 0.5) is 24.5 Å². The molecule has 0 fully saturated rings. The fourth-order valence-electron chi connectivity index (χ4n) is 3.08. The Morgan fingerprint density at radius 3 is 2.15 bits per heavy atom. The van der Waals surface area contributed by atoms with Gasteiger partial charge in [0.05, 0.1) is 30.4 Å². The Balaban J connectivity index is 1.97. The maximum absolute atomic E-state index is 13.5. The molecule has 0 saturated carbocycles. The van der Waals surface area contributed by atoms with Crippen LogP contribution in [0.2, 0.25) is 0 Å². The molecule has 3 aromatic rings. The summed E-state index contributed by atoms with van der Waals surface area (Å²) in [6.45, 7) is -0.679. The average Bonchev–Trinajstić information content (AvgIpc) is 2.82. The van der Waals surface area contributed by atoms with Gasteiger partial charge >= 0.3 is 6.18 Å².